The highest BCUT2D eigenvalue weighted by Crippen LogP contribution is 2.19. The van der Waals surface area contributed by atoms with Gasteiger partial charge < -0.3 is 5.32 Å². The molecule has 27 heavy (non-hydrogen) atoms. The molecule has 0 saturated heterocycles. The molecule has 1 N–H and O–H groups in total. The van der Waals surface area contributed by atoms with Gasteiger partial charge in [-0.05, 0) is 55.5 Å². The second-order valence-electron chi connectivity index (χ2n) is 5.93. The number of nitrogens with zero attached hydrogens (tertiary/aromatic N) is 2. The average molecular weight is 385 g/mol. The number of benzene rings is 2. The van der Waals surface area contributed by atoms with Crippen molar-refractivity contribution in [2.75, 3.05) is 22.4 Å². The number of anilines is 2. The third-order valence-corrected chi connectivity index (χ3v) is 5.00. The molecule has 2 rings (SSSR count). The molecule has 140 valence electrons. The Morgan fingerprint density at radius 1 is 1.07 bits per heavy atom. The molecule has 0 atom stereocenters. The lowest BCUT2D eigenvalue weighted by Gasteiger charge is -2.22. The Balaban J connectivity index is 2.04. The van der Waals surface area contributed by atoms with E-state index in [1.54, 1.807) is 24.3 Å². The molecule has 2 aromatic rings. The minimum absolute atomic E-state index is 0.0396. The number of nitriles is 1. The smallest absolute Gasteiger partial charge is 0.232 e. The Morgan fingerprint density at radius 2 is 1.67 bits per heavy atom. The molecule has 8 heteroatoms. The quantitative estimate of drug-likeness (QED) is 0.737. The van der Waals surface area contributed by atoms with Crippen LogP contribution in [0.5, 0.6) is 0 Å². The number of rotatable bonds is 7. The molecule has 0 fully saturated rings. The molecule has 0 aromatic heterocycles. The van der Waals surface area contributed by atoms with Gasteiger partial charge in [-0.2, -0.15) is 5.26 Å². The van der Waals surface area contributed by atoms with E-state index in [0.29, 0.717) is 22.5 Å². The third-order valence-electron chi connectivity index (χ3n) is 3.80. The van der Waals surface area contributed by atoms with Crippen LogP contribution in [0, 0.1) is 11.3 Å². The van der Waals surface area contributed by atoms with Crippen LogP contribution < -0.4 is 9.62 Å². The summed E-state index contributed by atoms with van der Waals surface area (Å²) in [5, 5.41) is 11.5. The average Bonchev–Trinajstić information content (AvgIpc) is 2.61. The summed E-state index contributed by atoms with van der Waals surface area (Å²) in [5.41, 5.74) is 1.86. The maximum atomic E-state index is 12.2. The second-order valence-corrected chi connectivity index (χ2v) is 7.83. The molecule has 0 saturated carbocycles. The molecule has 2 aromatic carbocycles. The van der Waals surface area contributed by atoms with Gasteiger partial charge in [0.1, 0.15) is 0 Å². The third kappa shape index (κ3) is 5.66. The van der Waals surface area contributed by atoms with E-state index in [-0.39, 0.29) is 24.7 Å². The van der Waals surface area contributed by atoms with Gasteiger partial charge in [-0.15, -0.1) is 0 Å². The molecule has 0 bridgehead atoms. The highest BCUT2D eigenvalue weighted by atomic mass is 32.2. The lowest BCUT2D eigenvalue weighted by molar-refractivity contribution is -0.116. The zero-order chi connectivity index (χ0) is 20.0. The molecule has 0 radical (unpaired) electrons. The summed E-state index contributed by atoms with van der Waals surface area (Å²) in [6, 6.07) is 14.5. The van der Waals surface area contributed by atoms with Crippen molar-refractivity contribution in [2.24, 2.45) is 0 Å². The van der Waals surface area contributed by atoms with E-state index < -0.39 is 10.0 Å². The lowest BCUT2D eigenvalue weighted by Crippen LogP contribution is -2.33. The standard InChI is InChI=1S/C19H19N3O4S/c1-14(23)16-5-7-17(8-6-16)21-19(24)11-12-22(27(2,25)26)18-9-3-15(13-20)4-10-18/h3-10H,11-12H2,1-2H3,(H,21,24). The molecule has 0 heterocycles. The van der Waals surface area contributed by atoms with Crippen molar-refractivity contribution in [3.8, 4) is 6.07 Å². The Hall–Kier alpha value is -3.18. The fraction of sp³-hybridized carbons (Fsp3) is 0.211. The molecular formula is C19H19N3O4S. The minimum atomic E-state index is -3.59. The Morgan fingerprint density at radius 3 is 2.15 bits per heavy atom. The Bertz CT molecular complexity index is 975. The summed E-state index contributed by atoms with van der Waals surface area (Å²) in [4.78, 5) is 23.4. The monoisotopic (exact) mass is 385 g/mol. The Kier molecular flexibility index (Phi) is 6.32. The van der Waals surface area contributed by atoms with Gasteiger partial charge in [0.05, 0.1) is 23.6 Å². The van der Waals surface area contributed by atoms with E-state index in [2.05, 4.69) is 5.32 Å². The number of nitrogens with one attached hydrogen (secondary N) is 1. The molecule has 0 unspecified atom stereocenters. The van der Waals surface area contributed by atoms with Crippen LogP contribution in [0.15, 0.2) is 48.5 Å². The fourth-order valence-electron chi connectivity index (χ4n) is 2.40. The van der Waals surface area contributed by atoms with Crippen LogP contribution in [0.1, 0.15) is 29.3 Å². The van der Waals surface area contributed by atoms with Gasteiger partial charge in [-0.1, -0.05) is 0 Å². The molecule has 0 aliphatic carbocycles. The van der Waals surface area contributed by atoms with Crippen molar-refractivity contribution in [2.45, 2.75) is 13.3 Å². The Labute approximate surface area is 158 Å². The number of amides is 1. The predicted octanol–water partition coefficient (Wildman–Crippen LogP) is 2.56. The number of Topliss-reactive ketones (excluding diaryl/α,β-unsaturated/α-hetero) is 1. The van der Waals surface area contributed by atoms with E-state index in [4.69, 9.17) is 5.26 Å². The topological polar surface area (TPSA) is 107 Å². The normalized spacial score (nSPS) is 10.7. The van der Waals surface area contributed by atoms with E-state index in [0.717, 1.165) is 10.6 Å². The maximum Gasteiger partial charge on any atom is 0.232 e. The first-order valence-electron chi connectivity index (χ1n) is 8.09. The minimum Gasteiger partial charge on any atom is -0.326 e. The number of carbonyl (C=O) groups is 2. The van der Waals surface area contributed by atoms with Gasteiger partial charge in [0.15, 0.2) is 5.78 Å². The summed E-state index contributed by atoms with van der Waals surface area (Å²) in [6.45, 7) is 1.42. The largest absolute Gasteiger partial charge is 0.326 e. The summed E-state index contributed by atoms with van der Waals surface area (Å²) < 4.78 is 25.2. The van der Waals surface area contributed by atoms with E-state index in [1.807, 2.05) is 6.07 Å². The molecule has 0 spiro atoms. The van der Waals surface area contributed by atoms with Crippen molar-refractivity contribution in [3.05, 3.63) is 59.7 Å². The van der Waals surface area contributed by atoms with E-state index in [9.17, 15) is 18.0 Å². The van der Waals surface area contributed by atoms with E-state index >= 15 is 0 Å². The second kappa shape index (κ2) is 8.47. The van der Waals surface area contributed by atoms with Crippen molar-refractivity contribution in [3.63, 3.8) is 0 Å². The van der Waals surface area contributed by atoms with Crippen molar-refractivity contribution < 1.29 is 18.0 Å². The highest BCUT2D eigenvalue weighted by molar-refractivity contribution is 7.92. The van der Waals surface area contributed by atoms with Gasteiger partial charge in [0.25, 0.3) is 0 Å². The van der Waals surface area contributed by atoms with Crippen LogP contribution >= 0.6 is 0 Å². The number of sulfonamides is 1. The molecule has 1 amide bonds. The maximum absolute atomic E-state index is 12.2. The molecule has 0 aliphatic heterocycles. The van der Waals surface area contributed by atoms with Gasteiger partial charge in [0, 0.05) is 24.2 Å². The number of ketones is 1. The number of hydrogen-bond acceptors (Lipinski definition) is 5. The van der Waals surface area contributed by atoms with Crippen LogP contribution in [0.2, 0.25) is 0 Å². The number of carbonyl (C=O) groups excluding carboxylic acids is 2. The zero-order valence-corrected chi connectivity index (χ0v) is 15.8. The van der Waals surface area contributed by atoms with Crippen molar-refractivity contribution in [1.29, 1.82) is 5.26 Å². The SMILES string of the molecule is CC(=O)c1ccc(NC(=O)CCN(c2ccc(C#N)cc2)S(C)(=O)=O)cc1. The summed E-state index contributed by atoms with van der Waals surface area (Å²) in [7, 11) is -3.59. The summed E-state index contributed by atoms with van der Waals surface area (Å²) in [6.07, 6.45) is 1.01. The number of hydrogen-bond donors (Lipinski definition) is 1. The first kappa shape index (κ1) is 20.1. The van der Waals surface area contributed by atoms with Gasteiger partial charge in [-0.25, -0.2) is 8.42 Å². The fourth-order valence-corrected chi connectivity index (χ4v) is 3.33. The lowest BCUT2D eigenvalue weighted by atomic mass is 10.1. The van der Waals surface area contributed by atoms with Crippen molar-refractivity contribution >= 4 is 33.1 Å². The van der Waals surface area contributed by atoms with Crippen LogP contribution in [0.25, 0.3) is 0 Å². The van der Waals surface area contributed by atoms with Crippen LogP contribution in [-0.4, -0.2) is 32.9 Å². The first-order chi connectivity index (χ1) is 12.7. The zero-order valence-electron chi connectivity index (χ0n) is 15.0. The summed E-state index contributed by atoms with van der Waals surface area (Å²) >= 11 is 0. The van der Waals surface area contributed by atoms with E-state index in [1.165, 1.54) is 31.2 Å². The van der Waals surface area contributed by atoms with Crippen LogP contribution in [0.4, 0.5) is 11.4 Å². The van der Waals surface area contributed by atoms with Gasteiger partial charge >= 0.3 is 0 Å². The van der Waals surface area contributed by atoms with Gasteiger partial charge in [0.2, 0.25) is 15.9 Å². The van der Waals surface area contributed by atoms with Gasteiger partial charge in [-0.3, -0.25) is 13.9 Å². The summed E-state index contributed by atoms with van der Waals surface area (Å²) in [5.74, 6) is -0.424. The molecular weight excluding hydrogens is 366 g/mol. The molecule has 0 aliphatic rings. The van der Waals surface area contributed by atoms with Crippen LogP contribution in [0.3, 0.4) is 0 Å². The van der Waals surface area contributed by atoms with Crippen molar-refractivity contribution in [1.82, 2.24) is 0 Å². The van der Waals surface area contributed by atoms with Crippen LogP contribution in [-0.2, 0) is 14.8 Å². The predicted molar refractivity (Wildman–Crippen MR) is 103 cm³/mol. The molecule has 7 nitrogen and oxygen atoms in total. The first-order valence-corrected chi connectivity index (χ1v) is 9.94. The highest BCUT2D eigenvalue weighted by Gasteiger charge is 2.18.